The van der Waals surface area contributed by atoms with Crippen LogP contribution in [0.4, 0.5) is 0 Å². The van der Waals surface area contributed by atoms with Gasteiger partial charge in [0, 0.05) is 6.61 Å². The minimum atomic E-state index is -0.674. The molecule has 1 heterocycles. The van der Waals surface area contributed by atoms with E-state index in [-0.39, 0.29) is 6.29 Å². The minimum absolute atomic E-state index is 0.348. The maximum Gasteiger partial charge on any atom is 0.180 e. The lowest BCUT2D eigenvalue weighted by molar-refractivity contribution is -0.237. The van der Waals surface area contributed by atoms with Gasteiger partial charge in [-0.3, -0.25) is 0 Å². The standard InChI is InChI=1S/C17H22O4/c1-3-19-13(2)20-17-12-10-15(18)16(21-17)11-9-14-7-5-4-6-8-14/h4-13,15-18H,3H2,1-2H3/b11-9+/t13?,15-,16+,17-/m1/s1. The van der Waals surface area contributed by atoms with E-state index in [0.717, 1.165) is 5.56 Å². The van der Waals surface area contributed by atoms with Crippen LogP contribution in [0.25, 0.3) is 6.08 Å². The smallest absolute Gasteiger partial charge is 0.180 e. The van der Waals surface area contributed by atoms with E-state index < -0.39 is 18.5 Å². The molecule has 4 atom stereocenters. The van der Waals surface area contributed by atoms with Gasteiger partial charge < -0.3 is 19.3 Å². The second-order valence-corrected chi connectivity index (χ2v) is 4.77. The first-order valence-corrected chi connectivity index (χ1v) is 7.21. The lowest BCUT2D eigenvalue weighted by Crippen LogP contribution is -2.36. The van der Waals surface area contributed by atoms with E-state index in [2.05, 4.69) is 0 Å². The number of ether oxygens (including phenoxy) is 3. The van der Waals surface area contributed by atoms with Crippen LogP contribution in [-0.2, 0) is 14.2 Å². The van der Waals surface area contributed by atoms with Crippen molar-refractivity contribution in [3.8, 4) is 0 Å². The zero-order valence-corrected chi connectivity index (χ0v) is 12.4. The quantitative estimate of drug-likeness (QED) is 0.646. The number of hydrogen-bond acceptors (Lipinski definition) is 4. The molecule has 1 unspecified atom stereocenters. The van der Waals surface area contributed by atoms with Crippen molar-refractivity contribution in [2.24, 2.45) is 0 Å². The molecule has 1 aliphatic rings. The molecule has 0 radical (unpaired) electrons. The molecule has 0 spiro atoms. The molecule has 0 saturated heterocycles. The van der Waals surface area contributed by atoms with Crippen molar-refractivity contribution in [2.45, 2.75) is 38.6 Å². The molecular weight excluding hydrogens is 268 g/mol. The summed E-state index contributed by atoms with van der Waals surface area (Å²) in [5.41, 5.74) is 1.06. The highest BCUT2D eigenvalue weighted by atomic mass is 16.8. The molecule has 0 saturated carbocycles. The van der Waals surface area contributed by atoms with Gasteiger partial charge in [-0.2, -0.15) is 0 Å². The molecule has 0 amide bonds. The third-order valence-corrected chi connectivity index (χ3v) is 3.10. The molecule has 4 heteroatoms. The second kappa shape index (κ2) is 8.10. The van der Waals surface area contributed by atoms with E-state index in [1.807, 2.05) is 56.3 Å². The van der Waals surface area contributed by atoms with Gasteiger partial charge in [-0.05, 0) is 25.5 Å². The first-order chi connectivity index (χ1) is 10.2. The van der Waals surface area contributed by atoms with Crippen molar-refractivity contribution >= 4 is 6.08 Å². The van der Waals surface area contributed by atoms with Gasteiger partial charge in [0.05, 0.1) is 0 Å². The van der Waals surface area contributed by atoms with E-state index in [0.29, 0.717) is 6.61 Å². The largest absolute Gasteiger partial charge is 0.386 e. The Morgan fingerprint density at radius 2 is 2.05 bits per heavy atom. The lowest BCUT2D eigenvalue weighted by Gasteiger charge is -2.29. The van der Waals surface area contributed by atoms with Crippen molar-refractivity contribution in [3.63, 3.8) is 0 Å². The van der Waals surface area contributed by atoms with Gasteiger partial charge in [-0.15, -0.1) is 0 Å². The zero-order chi connectivity index (χ0) is 15.1. The third kappa shape index (κ3) is 5.10. The molecule has 1 N–H and O–H groups in total. The summed E-state index contributed by atoms with van der Waals surface area (Å²) in [5.74, 6) is 0. The fraction of sp³-hybridized carbons (Fsp3) is 0.412. The van der Waals surface area contributed by atoms with Gasteiger partial charge in [0.2, 0.25) is 0 Å². The summed E-state index contributed by atoms with van der Waals surface area (Å²) in [6.45, 7) is 4.31. The van der Waals surface area contributed by atoms with Gasteiger partial charge in [-0.25, -0.2) is 0 Å². The molecule has 1 aromatic rings. The highest BCUT2D eigenvalue weighted by Crippen LogP contribution is 2.18. The van der Waals surface area contributed by atoms with E-state index in [1.54, 1.807) is 12.2 Å². The summed E-state index contributed by atoms with van der Waals surface area (Å²) in [7, 11) is 0. The highest BCUT2D eigenvalue weighted by molar-refractivity contribution is 5.49. The van der Waals surface area contributed by atoms with Crippen LogP contribution in [0.1, 0.15) is 19.4 Å². The SMILES string of the molecule is CCOC(C)O[C@H]1C=C[C@@H](O)[C@H](/C=C/c2ccccc2)O1. The number of benzene rings is 1. The second-order valence-electron chi connectivity index (χ2n) is 4.77. The summed E-state index contributed by atoms with van der Waals surface area (Å²) in [4.78, 5) is 0. The van der Waals surface area contributed by atoms with Crippen molar-refractivity contribution < 1.29 is 19.3 Å². The summed E-state index contributed by atoms with van der Waals surface area (Å²) in [6.07, 6.45) is 5.18. The molecule has 1 aliphatic heterocycles. The minimum Gasteiger partial charge on any atom is -0.386 e. The van der Waals surface area contributed by atoms with Gasteiger partial charge in [0.1, 0.15) is 12.2 Å². The van der Waals surface area contributed by atoms with E-state index in [1.165, 1.54) is 0 Å². The Kier molecular flexibility index (Phi) is 6.14. The van der Waals surface area contributed by atoms with Crippen molar-refractivity contribution in [2.75, 3.05) is 6.61 Å². The third-order valence-electron chi connectivity index (χ3n) is 3.10. The summed E-state index contributed by atoms with van der Waals surface area (Å²) >= 11 is 0. The van der Waals surface area contributed by atoms with Crippen molar-refractivity contribution in [1.82, 2.24) is 0 Å². The predicted molar refractivity (Wildman–Crippen MR) is 81.5 cm³/mol. The Hall–Kier alpha value is -1.46. The summed E-state index contributed by atoms with van der Waals surface area (Å²) in [5, 5.41) is 9.95. The maximum absolute atomic E-state index is 9.95. The molecule has 0 aliphatic carbocycles. The van der Waals surface area contributed by atoms with E-state index in [9.17, 15) is 5.11 Å². The van der Waals surface area contributed by atoms with Gasteiger partial charge in [0.25, 0.3) is 0 Å². The van der Waals surface area contributed by atoms with Gasteiger partial charge >= 0.3 is 0 Å². The molecule has 0 fully saturated rings. The van der Waals surface area contributed by atoms with Crippen LogP contribution in [0.5, 0.6) is 0 Å². The monoisotopic (exact) mass is 290 g/mol. The first kappa shape index (κ1) is 15.9. The van der Waals surface area contributed by atoms with Crippen LogP contribution in [0.3, 0.4) is 0 Å². The number of hydrogen-bond donors (Lipinski definition) is 1. The Balaban J connectivity index is 1.94. The normalized spacial score (nSPS) is 27.1. The van der Waals surface area contributed by atoms with Crippen molar-refractivity contribution in [1.29, 1.82) is 0 Å². The van der Waals surface area contributed by atoms with Crippen LogP contribution >= 0.6 is 0 Å². The Morgan fingerprint density at radius 3 is 2.76 bits per heavy atom. The molecule has 1 aromatic carbocycles. The predicted octanol–water partition coefficient (Wildman–Crippen LogP) is 2.74. The molecule has 2 rings (SSSR count). The fourth-order valence-corrected chi connectivity index (χ4v) is 2.06. The lowest BCUT2D eigenvalue weighted by atomic mass is 10.1. The summed E-state index contributed by atoms with van der Waals surface area (Å²) in [6, 6.07) is 9.88. The fourth-order valence-electron chi connectivity index (χ4n) is 2.06. The van der Waals surface area contributed by atoms with E-state index >= 15 is 0 Å². The molecule has 0 aromatic heterocycles. The zero-order valence-electron chi connectivity index (χ0n) is 12.4. The summed E-state index contributed by atoms with van der Waals surface area (Å²) < 4.78 is 16.6. The average Bonchev–Trinajstić information content (AvgIpc) is 2.49. The number of aliphatic hydroxyl groups excluding tert-OH is 1. The topological polar surface area (TPSA) is 47.9 Å². The number of rotatable bonds is 6. The Labute approximate surface area is 125 Å². The van der Waals surface area contributed by atoms with Gasteiger partial charge in [-0.1, -0.05) is 48.6 Å². The highest BCUT2D eigenvalue weighted by Gasteiger charge is 2.25. The number of aliphatic hydroxyl groups is 1. The average molecular weight is 290 g/mol. The van der Waals surface area contributed by atoms with Gasteiger partial charge in [0.15, 0.2) is 12.6 Å². The Morgan fingerprint density at radius 1 is 1.29 bits per heavy atom. The first-order valence-electron chi connectivity index (χ1n) is 7.21. The maximum atomic E-state index is 9.95. The molecule has 4 nitrogen and oxygen atoms in total. The van der Waals surface area contributed by atoms with Crippen molar-refractivity contribution in [3.05, 3.63) is 54.1 Å². The Bertz CT molecular complexity index is 469. The van der Waals surface area contributed by atoms with Crippen LogP contribution in [-0.4, -0.2) is 36.5 Å². The molecule has 0 bridgehead atoms. The molecular formula is C17H22O4. The van der Waals surface area contributed by atoms with Crippen LogP contribution in [0.15, 0.2) is 48.6 Å². The van der Waals surface area contributed by atoms with Crippen LogP contribution in [0, 0.1) is 0 Å². The molecule has 21 heavy (non-hydrogen) atoms. The van der Waals surface area contributed by atoms with Crippen LogP contribution in [0.2, 0.25) is 0 Å². The van der Waals surface area contributed by atoms with Crippen LogP contribution < -0.4 is 0 Å². The van der Waals surface area contributed by atoms with E-state index in [4.69, 9.17) is 14.2 Å². The molecule has 114 valence electrons.